The van der Waals surface area contributed by atoms with Crippen molar-refractivity contribution in [2.75, 3.05) is 22.1 Å². The summed E-state index contributed by atoms with van der Waals surface area (Å²) in [6.07, 6.45) is 0.755. The second-order valence-electron chi connectivity index (χ2n) is 10.0. The second-order valence-corrected chi connectivity index (χ2v) is 14.6. The third-order valence-corrected chi connectivity index (χ3v) is 11.1. The Hall–Kier alpha value is -3.70. The molecule has 43 heavy (non-hydrogen) atoms. The molecule has 0 atom stereocenters. The molecule has 0 aliphatic heterocycles. The molecule has 0 spiro atoms. The van der Waals surface area contributed by atoms with Gasteiger partial charge >= 0.3 is 0 Å². The summed E-state index contributed by atoms with van der Waals surface area (Å²) in [5.41, 5.74) is 7.90. The molecule has 0 bridgehead atoms. The number of nitrogens with zero attached hydrogens (tertiary/aromatic N) is 2. The van der Waals surface area contributed by atoms with Crippen molar-refractivity contribution < 1.29 is 9.59 Å². The summed E-state index contributed by atoms with van der Waals surface area (Å²) in [6, 6.07) is 28.3. The molecule has 6 rings (SSSR count). The number of thioether (sulfide) groups is 2. The lowest BCUT2D eigenvalue weighted by Crippen LogP contribution is -2.15. The molecule has 0 fully saturated rings. The average Bonchev–Trinajstić information content (AvgIpc) is 3.61. The van der Waals surface area contributed by atoms with Crippen molar-refractivity contribution >= 4 is 89.8 Å². The quantitative estimate of drug-likeness (QED) is 0.146. The number of hydrogen-bond donors (Lipinski definition) is 2. The zero-order chi connectivity index (χ0) is 29.8. The molecule has 2 heterocycles. The topological polar surface area (TPSA) is 84.0 Å². The Labute approximate surface area is 266 Å². The van der Waals surface area contributed by atoms with Gasteiger partial charge in [-0.1, -0.05) is 72.1 Å². The predicted octanol–water partition coefficient (Wildman–Crippen LogP) is 8.58. The number of carbonyl (C=O) groups excluding carboxylic acids is 2. The summed E-state index contributed by atoms with van der Waals surface area (Å²) in [5, 5.41) is 6.08. The predicted molar refractivity (Wildman–Crippen MR) is 183 cm³/mol. The van der Waals surface area contributed by atoms with E-state index in [1.807, 2.05) is 86.6 Å². The van der Waals surface area contributed by atoms with Gasteiger partial charge in [-0.3, -0.25) is 9.59 Å². The van der Waals surface area contributed by atoms with Crippen LogP contribution in [0.2, 0.25) is 0 Å². The SMILES string of the molecule is Cc1cc(Cc2ccc(NC(=O)CSc3nc4ccccc4s3)c(C)c2)ccc1NC(=O)CSc1nc2ccccc2s1. The lowest BCUT2D eigenvalue weighted by Gasteiger charge is -2.12. The van der Waals surface area contributed by atoms with Gasteiger partial charge in [0.25, 0.3) is 0 Å². The first-order chi connectivity index (χ1) is 20.9. The number of thiazole rings is 2. The smallest absolute Gasteiger partial charge is 0.234 e. The Morgan fingerprint density at radius 3 is 1.51 bits per heavy atom. The number of para-hydroxylation sites is 2. The number of rotatable bonds is 10. The van der Waals surface area contributed by atoms with Gasteiger partial charge in [0.2, 0.25) is 11.8 Å². The molecule has 6 nitrogen and oxygen atoms in total. The molecule has 0 radical (unpaired) electrons. The Morgan fingerprint density at radius 2 is 1.09 bits per heavy atom. The van der Waals surface area contributed by atoms with Crippen LogP contribution >= 0.6 is 46.2 Å². The molecular weight excluding hydrogens is 613 g/mol. The number of amides is 2. The molecule has 2 amide bonds. The van der Waals surface area contributed by atoms with Gasteiger partial charge in [-0.15, -0.1) is 22.7 Å². The number of fused-ring (bicyclic) bond motifs is 2. The van der Waals surface area contributed by atoms with E-state index >= 15 is 0 Å². The Morgan fingerprint density at radius 1 is 0.651 bits per heavy atom. The highest BCUT2D eigenvalue weighted by molar-refractivity contribution is 8.02. The molecule has 4 aromatic carbocycles. The number of aryl methyl sites for hydroxylation is 2. The Balaban J connectivity index is 1.000. The average molecular weight is 641 g/mol. The molecule has 0 aliphatic rings. The molecule has 10 heteroatoms. The fourth-order valence-corrected chi connectivity index (χ4v) is 8.38. The molecular formula is C33H28N4O2S4. The van der Waals surface area contributed by atoms with Crippen LogP contribution in [0.1, 0.15) is 22.3 Å². The zero-order valence-electron chi connectivity index (χ0n) is 23.5. The van der Waals surface area contributed by atoms with Crippen molar-refractivity contribution in [3.63, 3.8) is 0 Å². The third kappa shape index (κ3) is 7.45. The molecule has 0 aliphatic carbocycles. The summed E-state index contributed by atoms with van der Waals surface area (Å²) in [7, 11) is 0. The highest BCUT2D eigenvalue weighted by atomic mass is 32.2. The van der Waals surface area contributed by atoms with Crippen molar-refractivity contribution in [2.24, 2.45) is 0 Å². The van der Waals surface area contributed by atoms with Crippen LogP contribution in [0.25, 0.3) is 20.4 Å². The van der Waals surface area contributed by atoms with Gasteiger partial charge < -0.3 is 10.6 Å². The van der Waals surface area contributed by atoms with E-state index in [1.54, 1.807) is 22.7 Å². The van der Waals surface area contributed by atoms with Crippen molar-refractivity contribution in [1.82, 2.24) is 9.97 Å². The first kappa shape index (κ1) is 29.4. The number of carbonyl (C=O) groups is 2. The Kier molecular flexibility index (Phi) is 9.08. The maximum absolute atomic E-state index is 12.6. The van der Waals surface area contributed by atoms with Gasteiger partial charge in [-0.05, 0) is 78.9 Å². The van der Waals surface area contributed by atoms with E-state index in [2.05, 4.69) is 32.7 Å². The standard InChI is InChI=1S/C33H28N4O2S4/c1-20-15-22(11-13-24(20)34-30(38)18-40-32-36-26-7-3-5-9-28(26)42-32)17-23-12-14-25(21(2)16-23)35-31(39)19-41-33-37-27-8-4-6-10-29(27)43-33/h3-16H,17-19H2,1-2H3,(H,34,38)(H,35,39). The van der Waals surface area contributed by atoms with Gasteiger partial charge in [0.1, 0.15) is 0 Å². The summed E-state index contributed by atoms with van der Waals surface area (Å²) >= 11 is 6.13. The van der Waals surface area contributed by atoms with E-state index in [1.165, 1.54) is 23.5 Å². The lowest BCUT2D eigenvalue weighted by atomic mass is 10.00. The highest BCUT2D eigenvalue weighted by Gasteiger charge is 2.12. The fourth-order valence-electron chi connectivity index (χ4n) is 4.64. The van der Waals surface area contributed by atoms with Crippen LogP contribution in [0.4, 0.5) is 11.4 Å². The van der Waals surface area contributed by atoms with Crippen LogP contribution in [0.5, 0.6) is 0 Å². The van der Waals surface area contributed by atoms with Gasteiger partial charge in [-0.25, -0.2) is 9.97 Å². The number of benzene rings is 4. The normalized spacial score (nSPS) is 11.2. The minimum atomic E-state index is -0.0492. The van der Waals surface area contributed by atoms with E-state index in [4.69, 9.17) is 0 Å². The van der Waals surface area contributed by atoms with Gasteiger partial charge in [0.15, 0.2) is 8.68 Å². The number of nitrogens with one attached hydrogen (secondary N) is 2. The summed E-state index contributed by atoms with van der Waals surface area (Å²) in [4.78, 5) is 34.5. The number of aromatic nitrogens is 2. The summed E-state index contributed by atoms with van der Waals surface area (Å²) < 4.78 is 4.05. The van der Waals surface area contributed by atoms with Crippen LogP contribution in [0.15, 0.2) is 93.6 Å². The van der Waals surface area contributed by atoms with Crippen LogP contribution in [0.3, 0.4) is 0 Å². The minimum Gasteiger partial charge on any atom is -0.325 e. The summed E-state index contributed by atoms with van der Waals surface area (Å²) in [5.74, 6) is 0.520. The van der Waals surface area contributed by atoms with E-state index < -0.39 is 0 Å². The van der Waals surface area contributed by atoms with Gasteiger partial charge in [0.05, 0.1) is 31.9 Å². The van der Waals surface area contributed by atoms with E-state index in [0.29, 0.717) is 11.5 Å². The first-order valence-corrected chi connectivity index (χ1v) is 17.3. The monoisotopic (exact) mass is 640 g/mol. The molecule has 2 aromatic heterocycles. The van der Waals surface area contributed by atoms with Gasteiger partial charge in [-0.2, -0.15) is 0 Å². The van der Waals surface area contributed by atoms with Gasteiger partial charge in [0, 0.05) is 11.4 Å². The van der Waals surface area contributed by atoms with Crippen LogP contribution in [-0.4, -0.2) is 33.3 Å². The van der Waals surface area contributed by atoms with Crippen molar-refractivity contribution in [3.8, 4) is 0 Å². The molecule has 216 valence electrons. The molecule has 0 unspecified atom stereocenters. The lowest BCUT2D eigenvalue weighted by molar-refractivity contribution is -0.114. The van der Waals surface area contributed by atoms with Crippen LogP contribution < -0.4 is 10.6 Å². The fraction of sp³-hybridized carbons (Fsp3) is 0.152. The first-order valence-electron chi connectivity index (χ1n) is 13.6. The largest absolute Gasteiger partial charge is 0.325 e. The number of hydrogen-bond acceptors (Lipinski definition) is 8. The van der Waals surface area contributed by atoms with Crippen molar-refractivity contribution in [1.29, 1.82) is 0 Å². The molecule has 6 aromatic rings. The third-order valence-electron chi connectivity index (χ3n) is 6.74. The van der Waals surface area contributed by atoms with Crippen LogP contribution in [-0.2, 0) is 16.0 Å². The molecule has 0 saturated carbocycles. The van der Waals surface area contributed by atoms with Crippen LogP contribution in [0, 0.1) is 13.8 Å². The zero-order valence-corrected chi connectivity index (χ0v) is 26.8. The molecule has 0 saturated heterocycles. The second kappa shape index (κ2) is 13.3. The van der Waals surface area contributed by atoms with E-state index in [0.717, 1.165) is 69.2 Å². The summed E-state index contributed by atoms with van der Waals surface area (Å²) in [6.45, 7) is 4.02. The minimum absolute atomic E-state index is 0.0492. The Bertz CT molecular complexity index is 1740. The highest BCUT2D eigenvalue weighted by Crippen LogP contribution is 2.31. The maximum atomic E-state index is 12.6. The van der Waals surface area contributed by atoms with E-state index in [-0.39, 0.29) is 11.8 Å². The number of anilines is 2. The van der Waals surface area contributed by atoms with E-state index in [9.17, 15) is 9.59 Å². The molecule has 2 N–H and O–H groups in total. The van der Waals surface area contributed by atoms with Crippen molar-refractivity contribution in [2.45, 2.75) is 28.9 Å². The maximum Gasteiger partial charge on any atom is 0.234 e. The van der Waals surface area contributed by atoms with Crippen molar-refractivity contribution in [3.05, 3.63) is 107 Å².